The van der Waals surface area contributed by atoms with Crippen molar-refractivity contribution in [1.82, 2.24) is 0 Å². The van der Waals surface area contributed by atoms with Gasteiger partial charge in [-0.2, -0.15) is 0 Å². The number of allylic oxidation sites excluding steroid dienone is 20. The summed E-state index contributed by atoms with van der Waals surface area (Å²) in [6.07, 6.45) is 72.5. The summed E-state index contributed by atoms with van der Waals surface area (Å²) in [4.78, 5) is 58.3. The fourth-order valence-electron chi connectivity index (χ4n) is 8.46. The molecule has 5 atom stereocenters. The van der Waals surface area contributed by atoms with Crippen molar-refractivity contribution in [3.63, 3.8) is 0 Å². The highest BCUT2D eigenvalue weighted by molar-refractivity contribution is 7.47. The van der Waals surface area contributed by atoms with E-state index in [1.54, 1.807) is 0 Å². The Morgan fingerprint density at radius 3 is 0.989 bits per heavy atom. The summed E-state index contributed by atoms with van der Waals surface area (Å²) in [6.45, 7) is 2.39. The van der Waals surface area contributed by atoms with E-state index in [1.165, 1.54) is 19.3 Å². The Balaban J connectivity index is 4.58. The van der Waals surface area contributed by atoms with Gasteiger partial charge in [0.05, 0.1) is 26.4 Å². The molecule has 0 aromatic carbocycles. The van der Waals surface area contributed by atoms with E-state index in [1.807, 2.05) is 0 Å². The van der Waals surface area contributed by atoms with Gasteiger partial charge in [-0.3, -0.25) is 32.5 Å². The quantitative estimate of drug-likeness (QED) is 0.0146. The number of aliphatic hydroxyl groups excluding tert-OH is 2. The zero-order chi connectivity index (χ0) is 65.3. The number of carbonyl (C=O) groups excluding carboxylic acids is 3. The molecule has 0 bridgehead atoms. The fraction of sp³-hybridized carbons (Fsp3) is 0.676. The zero-order valence-corrected chi connectivity index (χ0v) is 56.8. The first kappa shape index (κ1) is 85.0. The lowest BCUT2D eigenvalue weighted by Gasteiger charge is -2.21. The number of hydrogen-bond donors (Lipinski definition) is 4. The highest BCUT2D eigenvalue weighted by Crippen LogP contribution is 2.45. The number of phosphoric ester groups is 2. The van der Waals surface area contributed by atoms with Crippen LogP contribution in [0.15, 0.2) is 122 Å². The van der Waals surface area contributed by atoms with Crippen LogP contribution >= 0.6 is 15.6 Å². The molecule has 0 rings (SSSR count). The maximum atomic E-state index is 12.9. The van der Waals surface area contributed by atoms with Crippen LogP contribution in [0.4, 0.5) is 0 Å². The lowest BCUT2D eigenvalue weighted by Crippen LogP contribution is -2.30. The second-order valence-electron chi connectivity index (χ2n) is 22.2. The molecular weight excluding hydrogens is 1170 g/mol. The first-order valence-electron chi connectivity index (χ1n) is 33.8. The van der Waals surface area contributed by atoms with E-state index in [-0.39, 0.29) is 19.3 Å². The third kappa shape index (κ3) is 65.3. The highest BCUT2D eigenvalue weighted by atomic mass is 31.2. The zero-order valence-electron chi connectivity index (χ0n) is 55.1. The van der Waals surface area contributed by atoms with Crippen molar-refractivity contribution in [2.24, 2.45) is 0 Å². The van der Waals surface area contributed by atoms with Gasteiger partial charge in [-0.25, -0.2) is 9.13 Å². The molecule has 0 aliphatic rings. The number of esters is 3. The van der Waals surface area contributed by atoms with Gasteiger partial charge in [0.1, 0.15) is 25.4 Å². The predicted octanol–water partition coefficient (Wildman–Crippen LogP) is 18.6. The number of carbonyl (C=O) groups is 3. The van der Waals surface area contributed by atoms with Crippen LogP contribution in [0.3, 0.4) is 0 Å². The van der Waals surface area contributed by atoms with E-state index in [0.29, 0.717) is 19.3 Å². The molecule has 5 unspecified atom stereocenters. The molecule has 0 fully saturated rings. The van der Waals surface area contributed by atoms with Gasteiger partial charge in [-0.05, 0) is 128 Å². The van der Waals surface area contributed by atoms with Crippen molar-refractivity contribution in [2.45, 2.75) is 270 Å². The van der Waals surface area contributed by atoms with Gasteiger partial charge in [0.2, 0.25) is 0 Å². The predicted molar refractivity (Wildman–Crippen MR) is 362 cm³/mol. The van der Waals surface area contributed by atoms with Crippen molar-refractivity contribution in [3.8, 4) is 0 Å². The third-order valence-electron chi connectivity index (χ3n) is 13.6. The highest BCUT2D eigenvalue weighted by Gasteiger charge is 2.29. The normalized spacial score (nSPS) is 15.0. The average Bonchev–Trinajstić information content (AvgIpc) is 3.70. The van der Waals surface area contributed by atoms with E-state index >= 15 is 0 Å². The lowest BCUT2D eigenvalue weighted by atomic mass is 10.1. The summed E-state index contributed by atoms with van der Waals surface area (Å²) < 4.78 is 60.8. The van der Waals surface area contributed by atoms with Crippen LogP contribution in [0.25, 0.3) is 0 Å². The molecule has 4 N–H and O–H groups in total. The molecule has 0 aliphatic heterocycles. The minimum absolute atomic E-state index is 0.0829. The van der Waals surface area contributed by atoms with Gasteiger partial charge >= 0.3 is 33.6 Å². The molecule has 16 nitrogen and oxygen atoms in total. The molecule has 0 spiro atoms. The van der Waals surface area contributed by atoms with Gasteiger partial charge < -0.3 is 34.2 Å². The van der Waals surface area contributed by atoms with Crippen LogP contribution in [0, 0.1) is 0 Å². The first-order valence-corrected chi connectivity index (χ1v) is 36.8. The van der Waals surface area contributed by atoms with Crippen LogP contribution in [-0.2, 0) is 55.8 Å². The number of ether oxygens (including phenoxy) is 3. The molecule has 0 aliphatic carbocycles. The van der Waals surface area contributed by atoms with E-state index < -0.39 is 91.5 Å². The van der Waals surface area contributed by atoms with Crippen LogP contribution in [-0.4, -0.2) is 95.9 Å². The molecule has 0 aromatic heterocycles. The van der Waals surface area contributed by atoms with Gasteiger partial charge in [0, 0.05) is 19.3 Å². The summed E-state index contributed by atoms with van der Waals surface area (Å²) in [5.41, 5.74) is 0. The minimum atomic E-state index is -4.93. The van der Waals surface area contributed by atoms with Crippen molar-refractivity contribution in [3.05, 3.63) is 122 Å². The van der Waals surface area contributed by atoms with Gasteiger partial charge in [0.15, 0.2) is 6.10 Å². The van der Waals surface area contributed by atoms with Crippen molar-refractivity contribution >= 4 is 33.6 Å². The summed E-state index contributed by atoms with van der Waals surface area (Å²) >= 11 is 0. The Kier molecular flexibility index (Phi) is 61.2. The third-order valence-corrected chi connectivity index (χ3v) is 15.5. The van der Waals surface area contributed by atoms with E-state index in [2.05, 4.69) is 142 Å². The summed E-state index contributed by atoms with van der Waals surface area (Å²) in [5, 5.41) is 20.5. The Labute approximate surface area is 538 Å². The van der Waals surface area contributed by atoms with Crippen LogP contribution in [0.2, 0.25) is 0 Å². The van der Waals surface area contributed by atoms with Crippen LogP contribution < -0.4 is 0 Å². The SMILES string of the molecule is CC/C=C\C/C=C\C/C=C\C/C=C\C/C=C\C/C=C\CCCCCCCCC(=O)OCC(O)COP(=O)(O)OCC(O)COP(=O)(O)OCC(COC(=O)CCCCCCC/C=C\C/C=C\CCCCC)OC(=O)CCCCCCC/C=C\C/C=C\CCC. The van der Waals surface area contributed by atoms with E-state index in [0.717, 1.165) is 173 Å². The van der Waals surface area contributed by atoms with Crippen molar-refractivity contribution in [1.29, 1.82) is 0 Å². The molecule has 0 radical (unpaired) electrons. The topological polar surface area (TPSA) is 231 Å². The molecular formula is C71H120O16P2. The van der Waals surface area contributed by atoms with E-state index in [9.17, 15) is 43.5 Å². The number of rotatable bonds is 63. The minimum Gasteiger partial charge on any atom is -0.463 e. The maximum absolute atomic E-state index is 12.9. The standard InChI is InChI=1S/C71H120O16P2/c1-4-7-10-13-16-19-22-25-27-28-29-30-31-32-33-34-35-36-38-41-42-45-48-51-54-57-69(74)81-60-66(72)61-83-88(77,78)84-62-67(73)63-85-89(79,80)86-65-68(87-71(76)59-56-53-50-47-44-39-24-21-18-15-12-9-6-3)64-82-70(75)58-55-52-49-46-43-40-37-26-23-20-17-14-11-8-5-2/h7,10,12,15-17,19-21,24-27,29-30,32-33,35-37,66-68,72-73H,4-6,8-9,11,13-14,18,22-23,28,31,34,38-65H2,1-3H3,(H,77,78)(H,79,80)/b10-7-,15-12-,19-16-,20-17-,24-21-,27-25-,30-29-,33-32-,36-35-,37-26-. The van der Waals surface area contributed by atoms with Crippen molar-refractivity contribution < 1.29 is 75.8 Å². The van der Waals surface area contributed by atoms with Gasteiger partial charge in [-0.15, -0.1) is 0 Å². The second-order valence-corrected chi connectivity index (χ2v) is 25.1. The molecule has 0 amide bonds. The summed E-state index contributed by atoms with van der Waals surface area (Å²) in [6, 6.07) is 0. The first-order chi connectivity index (χ1) is 43.2. The molecule has 18 heteroatoms. The molecule has 0 heterocycles. The monoisotopic (exact) mass is 1290 g/mol. The summed E-state index contributed by atoms with van der Waals surface area (Å²) in [7, 11) is -9.79. The maximum Gasteiger partial charge on any atom is 0.472 e. The van der Waals surface area contributed by atoms with E-state index in [4.69, 9.17) is 32.3 Å². The summed E-state index contributed by atoms with van der Waals surface area (Å²) in [5.74, 6) is -1.63. The molecule has 0 saturated carbocycles. The molecule has 510 valence electrons. The largest absolute Gasteiger partial charge is 0.472 e. The number of unbranched alkanes of at least 4 members (excludes halogenated alkanes) is 20. The Hall–Kier alpha value is -4.05. The lowest BCUT2D eigenvalue weighted by molar-refractivity contribution is -0.161. The number of aliphatic hydroxyl groups is 2. The smallest absolute Gasteiger partial charge is 0.463 e. The number of phosphoric acid groups is 2. The van der Waals surface area contributed by atoms with Crippen LogP contribution in [0.1, 0.15) is 252 Å². The Morgan fingerprint density at radius 1 is 0.326 bits per heavy atom. The average molecular weight is 1290 g/mol. The fourth-order valence-corrected chi connectivity index (χ4v) is 10.0. The van der Waals surface area contributed by atoms with Crippen molar-refractivity contribution in [2.75, 3.05) is 39.6 Å². The Bertz CT molecular complexity index is 2110. The van der Waals surface area contributed by atoms with Gasteiger partial charge in [0.25, 0.3) is 0 Å². The molecule has 0 aromatic rings. The van der Waals surface area contributed by atoms with Crippen LogP contribution in [0.5, 0.6) is 0 Å². The van der Waals surface area contributed by atoms with Gasteiger partial charge in [-0.1, -0.05) is 226 Å². The number of hydrogen-bond acceptors (Lipinski definition) is 14. The molecule has 0 saturated heterocycles. The molecule has 89 heavy (non-hydrogen) atoms. The second kappa shape index (κ2) is 64.1. The Morgan fingerprint density at radius 2 is 0.618 bits per heavy atom.